The van der Waals surface area contributed by atoms with Gasteiger partial charge in [0.1, 0.15) is 11.3 Å². The molecule has 0 saturated heterocycles. The second-order valence-electron chi connectivity index (χ2n) is 6.08. The Morgan fingerprint density at radius 1 is 0.917 bits per heavy atom. The fraction of sp³-hybridized carbons (Fsp3) is 0.136. The van der Waals surface area contributed by atoms with E-state index in [2.05, 4.69) is 19.1 Å². The number of aryl methyl sites for hydroxylation is 1. The van der Waals surface area contributed by atoms with Crippen molar-refractivity contribution in [3.63, 3.8) is 0 Å². The van der Waals surface area contributed by atoms with Crippen LogP contribution in [0.3, 0.4) is 0 Å². The van der Waals surface area contributed by atoms with Crippen LogP contribution in [0, 0.1) is 0 Å². The Labute approximate surface area is 140 Å². The number of benzene rings is 3. The zero-order valence-corrected chi connectivity index (χ0v) is 13.6. The highest BCUT2D eigenvalue weighted by Crippen LogP contribution is 2.27. The molecule has 0 radical (unpaired) electrons. The topological polar surface area (TPSA) is 30.2 Å². The molecule has 0 amide bonds. The summed E-state index contributed by atoms with van der Waals surface area (Å²) in [5.74, 6) is 0.617. The summed E-state index contributed by atoms with van der Waals surface area (Å²) in [6, 6.07) is 21.6. The van der Waals surface area contributed by atoms with Crippen LogP contribution in [0.5, 0.6) is 0 Å². The maximum Gasteiger partial charge on any atom is 0.193 e. The first-order chi connectivity index (χ1) is 11.8. The van der Waals surface area contributed by atoms with Crippen LogP contribution < -0.4 is 5.43 Å². The van der Waals surface area contributed by atoms with Gasteiger partial charge in [-0.25, -0.2) is 0 Å². The lowest BCUT2D eigenvalue weighted by atomic mass is 10.0. The van der Waals surface area contributed by atoms with Crippen LogP contribution in [0.2, 0.25) is 0 Å². The van der Waals surface area contributed by atoms with Crippen molar-refractivity contribution in [3.05, 3.63) is 82.5 Å². The maximum absolute atomic E-state index is 12.7. The molecule has 0 atom stereocenters. The second-order valence-corrected chi connectivity index (χ2v) is 6.08. The van der Waals surface area contributed by atoms with E-state index >= 15 is 0 Å². The van der Waals surface area contributed by atoms with Crippen LogP contribution in [0.1, 0.15) is 18.9 Å². The molecule has 1 heterocycles. The van der Waals surface area contributed by atoms with E-state index in [1.807, 2.05) is 48.5 Å². The first-order valence-corrected chi connectivity index (χ1v) is 8.31. The predicted octanol–water partition coefficient (Wildman–Crippen LogP) is 5.57. The summed E-state index contributed by atoms with van der Waals surface area (Å²) in [5, 5.41) is 2.64. The van der Waals surface area contributed by atoms with Gasteiger partial charge in [0.05, 0.1) is 5.39 Å². The summed E-state index contributed by atoms with van der Waals surface area (Å²) < 4.78 is 6.04. The third kappa shape index (κ3) is 2.50. The van der Waals surface area contributed by atoms with Crippen molar-refractivity contribution in [2.24, 2.45) is 0 Å². The molecular weight excluding hydrogens is 296 g/mol. The van der Waals surface area contributed by atoms with Crippen LogP contribution in [0.25, 0.3) is 33.1 Å². The molecule has 3 aromatic carbocycles. The average Bonchev–Trinajstić information content (AvgIpc) is 2.62. The molecule has 2 nitrogen and oxygen atoms in total. The van der Waals surface area contributed by atoms with Crippen molar-refractivity contribution < 1.29 is 4.42 Å². The molecule has 24 heavy (non-hydrogen) atoms. The first-order valence-electron chi connectivity index (χ1n) is 8.31. The van der Waals surface area contributed by atoms with Crippen molar-refractivity contribution in [2.75, 3.05) is 0 Å². The number of hydrogen-bond donors (Lipinski definition) is 0. The fourth-order valence-electron chi connectivity index (χ4n) is 3.20. The summed E-state index contributed by atoms with van der Waals surface area (Å²) in [6.45, 7) is 2.17. The zero-order chi connectivity index (χ0) is 16.5. The lowest BCUT2D eigenvalue weighted by Gasteiger charge is -2.06. The van der Waals surface area contributed by atoms with E-state index in [4.69, 9.17) is 4.42 Å². The van der Waals surface area contributed by atoms with E-state index < -0.39 is 0 Å². The number of fused-ring (bicyclic) bond motifs is 3. The molecule has 2 heteroatoms. The lowest BCUT2D eigenvalue weighted by molar-refractivity contribution is 0.619. The Hall–Kier alpha value is -2.87. The SMILES string of the molecule is CCCc1ccc(-c2cc(=O)c3c(ccc4ccccc43)o2)cc1. The third-order valence-electron chi connectivity index (χ3n) is 4.40. The average molecular weight is 314 g/mol. The highest BCUT2D eigenvalue weighted by molar-refractivity contribution is 6.05. The van der Waals surface area contributed by atoms with Crippen LogP contribution in [-0.2, 0) is 6.42 Å². The quantitative estimate of drug-likeness (QED) is 0.463. The molecule has 0 aliphatic rings. The Morgan fingerprint density at radius 2 is 1.71 bits per heavy atom. The molecule has 0 N–H and O–H groups in total. The smallest absolute Gasteiger partial charge is 0.193 e. The van der Waals surface area contributed by atoms with E-state index in [9.17, 15) is 4.79 Å². The van der Waals surface area contributed by atoms with Gasteiger partial charge in [0.15, 0.2) is 5.43 Å². The minimum absolute atomic E-state index is 0.000634. The van der Waals surface area contributed by atoms with Crippen LogP contribution in [-0.4, -0.2) is 0 Å². The monoisotopic (exact) mass is 314 g/mol. The van der Waals surface area contributed by atoms with Gasteiger partial charge in [-0.3, -0.25) is 4.79 Å². The van der Waals surface area contributed by atoms with Crippen molar-refractivity contribution >= 4 is 21.7 Å². The molecule has 1 aromatic heterocycles. The maximum atomic E-state index is 12.7. The van der Waals surface area contributed by atoms with Crippen LogP contribution >= 0.6 is 0 Å². The molecule has 4 aromatic rings. The van der Waals surface area contributed by atoms with E-state index in [1.165, 1.54) is 5.56 Å². The van der Waals surface area contributed by atoms with Crippen molar-refractivity contribution in [1.82, 2.24) is 0 Å². The molecule has 4 rings (SSSR count). The Morgan fingerprint density at radius 3 is 2.50 bits per heavy atom. The molecule has 0 unspecified atom stereocenters. The summed E-state index contributed by atoms with van der Waals surface area (Å²) in [7, 11) is 0. The van der Waals surface area contributed by atoms with Crippen molar-refractivity contribution in [1.29, 1.82) is 0 Å². The minimum atomic E-state index is 0.000634. The van der Waals surface area contributed by atoms with Gasteiger partial charge in [0, 0.05) is 11.6 Å². The van der Waals surface area contributed by atoms with E-state index in [1.54, 1.807) is 6.07 Å². The summed E-state index contributed by atoms with van der Waals surface area (Å²) >= 11 is 0. The second kappa shape index (κ2) is 5.97. The Balaban J connectivity index is 1.89. The summed E-state index contributed by atoms with van der Waals surface area (Å²) in [6.07, 6.45) is 2.19. The van der Waals surface area contributed by atoms with Crippen LogP contribution in [0.4, 0.5) is 0 Å². The van der Waals surface area contributed by atoms with Gasteiger partial charge >= 0.3 is 0 Å². The van der Waals surface area contributed by atoms with Gasteiger partial charge in [0.25, 0.3) is 0 Å². The van der Waals surface area contributed by atoms with E-state index in [0.29, 0.717) is 16.7 Å². The van der Waals surface area contributed by atoms with E-state index in [0.717, 1.165) is 29.2 Å². The molecule has 0 spiro atoms. The summed E-state index contributed by atoms with van der Waals surface area (Å²) in [4.78, 5) is 12.7. The van der Waals surface area contributed by atoms with Gasteiger partial charge in [-0.1, -0.05) is 67.9 Å². The Kier molecular flexibility index (Phi) is 3.66. The van der Waals surface area contributed by atoms with Gasteiger partial charge in [-0.2, -0.15) is 0 Å². The molecule has 118 valence electrons. The Bertz CT molecular complexity index is 1070. The van der Waals surface area contributed by atoms with Crippen molar-refractivity contribution in [3.8, 4) is 11.3 Å². The molecule has 0 saturated carbocycles. The third-order valence-corrected chi connectivity index (χ3v) is 4.40. The number of rotatable bonds is 3. The standard InChI is InChI=1S/C22H18O2/c1-2-5-15-8-10-17(11-9-15)21-14-19(23)22-18-7-4-3-6-16(18)12-13-20(22)24-21/h3-4,6-14H,2,5H2,1H3. The normalized spacial score (nSPS) is 11.2. The zero-order valence-electron chi connectivity index (χ0n) is 13.6. The number of hydrogen-bond acceptors (Lipinski definition) is 2. The lowest BCUT2D eigenvalue weighted by Crippen LogP contribution is -2.01. The van der Waals surface area contributed by atoms with Crippen LogP contribution in [0.15, 0.2) is 75.9 Å². The van der Waals surface area contributed by atoms with Gasteiger partial charge in [0.2, 0.25) is 0 Å². The van der Waals surface area contributed by atoms with E-state index in [-0.39, 0.29) is 5.43 Å². The highest BCUT2D eigenvalue weighted by atomic mass is 16.3. The van der Waals surface area contributed by atoms with Gasteiger partial charge < -0.3 is 4.42 Å². The highest BCUT2D eigenvalue weighted by Gasteiger charge is 2.10. The molecule has 0 aliphatic carbocycles. The molecule has 0 aliphatic heterocycles. The van der Waals surface area contributed by atoms with Crippen molar-refractivity contribution in [2.45, 2.75) is 19.8 Å². The molecule has 0 fully saturated rings. The minimum Gasteiger partial charge on any atom is -0.456 e. The van der Waals surface area contributed by atoms with Gasteiger partial charge in [-0.15, -0.1) is 0 Å². The predicted molar refractivity (Wildman–Crippen MR) is 99.4 cm³/mol. The largest absolute Gasteiger partial charge is 0.456 e. The first kappa shape index (κ1) is 14.7. The van der Waals surface area contributed by atoms with Gasteiger partial charge in [-0.05, 0) is 28.8 Å². The molecule has 0 bridgehead atoms. The summed E-state index contributed by atoms with van der Waals surface area (Å²) in [5.41, 5.74) is 2.87. The molecular formula is C22H18O2. The fourth-order valence-corrected chi connectivity index (χ4v) is 3.20.